The van der Waals surface area contributed by atoms with Crippen LogP contribution in [0, 0.1) is 0 Å². The van der Waals surface area contributed by atoms with Gasteiger partial charge in [-0.25, -0.2) is 9.59 Å². The van der Waals surface area contributed by atoms with Crippen molar-refractivity contribution in [2.75, 3.05) is 66.3 Å². The summed E-state index contributed by atoms with van der Waals surface area (Å²) in [7, 11) is 6.89. The first-order valence-electron chi connectivity index (χ1n) is 6.15. The van der Waals surface area contributed by atoms with E-state index in [1.54, 1.807) is 28.2 Å². The van der Waals surface area contributed by atoms with Gasteiger partial charge in [-0.15, -0.1) is 23.2 Å². The normalized spacial score (nSPS) is 11.0. The largest absolute Gasteiger partial charge is 2.00 e. The zero-order valence-corrected chi connectivity index (χ0v) is 15.3. The van der Waals surface area contributed by atoms with Crippen LogP contribution in [0.25, 0.3) is 0 Å². The van der Waals surface area contributed by atoms with Gasteiger partial charge in [0, 0.05) is 0 Å². The number of carbonyl (C=O) groups excluding carboxylic acids is 2. The Morgan fingerprint density at radius 3 is 1.19 bits per heavy atom. The maximum absolute atomic E-state index is 11.0. The van der Waals surface area contributed by atoms with E-state index in [9.17, 15) is 9.59 Å². The molecule has 6 nitrogen and oxygen atoms in total. The lowest BCUT2D eigenvalue weighted by atomic mass is 10.4. The molecule has 2 N–H and O–H groups in total. The number of likely N-dealkylation sites (N-methyl/N-ethyl adjacent to an activating group) is 2. The van der Waals surface area contributed by atoms with Crippen molar-refractivity contribution in [2.24, 2.45) is 0 Å². The summed E-state index contributed by atoms with van der Waals surface area (Å²) in [5, 5.41) is 17.1. The van der Waals surface area contributed by atoms with Crippen LogP contribution in [-0.4, -0.2) is 97.2 Å². The Morgan fingerprint density at radius 1 is 0.810 bits per heavy atom. The van der Waals surface area contributed by atoms with Gasteiger partial charge in [0.2, 0.25) is 0 Å². The van der Waals surface area contributed by atoms with Crippen LogP contribution in [0.2, 0.25) is 0 Å². The van der Waals surface area contributed by atoms with Crippen molar-refractivity contribution in [1.29, 1.82) is 0 Å². The molecule has 0 radical (unpaired) electrons. The topological polar surface area (TPSA) is 74.6 Å². The average molecular weight is 365 g/mol. The Hall–Kier alpha value is 0.110. The molecule has 0 fully saturated rings. The molecule has 0 atom stereocenters. The molecule has 0 aliphatic rings. The van der Waals surface area contributed by atoms with Gasteiger partial charge in [-0.2, -0.15) is 0 Å². The third-order valence-electron chi connectivity index (χ3n) is 2.90. The van der Waals surface area contributed by atoms with Crippen LogP contribution in [0.4, 0.5) is 0 Å². The second kappa shape index (κ2) is 12.6. The number of nitrogens with zero attached hydrogens (tertiary/aromatic N) is 2. The van der Waals surface area contributed by atoms with Gasteiger partial charge in [-0.05, 0) is 0 Å². The van der Waals surface area contributed by atoms with Crippen molar-refractivity contribution >= 4 is 48.5 Å². The third kappa shape index (κ3) is 11.3. The molecule has 0 spiro atoms. The van der Waals surface area contributed by atoms with Gasteiger partial charge >= 0.3 is 11.8 Å². The molecular formula is C12H26Cl2N2O4S. The van der Waals surface area contributed by atoms with Gasteiger partial charge in [0.25, 0.3) is 0 Å². The molecule has 0 unspecified atom stereocenters. The zero-order valence-electron chi connectivity index (χ0n) is 13.0. The summed E-state index contributed by atoms with van der Waals surface area (Å²) in [5.41, 5.74) is 0. The summed E-state index contributed by atoms with van der Waals surface area (Å²) in [6.07, 6.45) is 0. The molecule has 0 heterocycles. The van der Waals surface area contributed by atoms with E-state index in [0.717, 1.165) is 0 Å². The van der Waals surface area contributed by atoms with Gasteiger partial charge in [0.05, 0.1) is 41.4 Å². The van der Waals surface area contributed by atoms with Crippen LogP contribution in [0.1, 0.15) is 0 Å². The van der Waals surface area contributed by atoms with E-state index in [2.05, 4.69) is 0 Å². The molecule has 21 heavy (non-hydrogen) atoms. The van der Waals surface area contributed by atoms with Gasteiger partial charge in [-0.1, -0.05) is 0 Å². The van der Waals surface area contributed by atoms with Crippen molar-refractivity contribution in [3.8, 4) is 0 Å². The number of hydrogen-bond donors (Lipinski definition) is 2. The first-order valence-corrected chi connectivity index (χ1v) is 7.22. The second-order valence-electron chi connectivity index (χ2n) is 5.32. The minimum Gasteiger partial charge on any atom is -2.00 e. The molecule has 128 valence electrons. The highest BCUT2D eigenvalue weighted by atomic mass is 35.5. The predicted octanol–water partition coefficient (Wildman–Crippen LogP) is -0.361. The van der Waals surface area contributed by atoms with E-state index in [0.29, 0.717) is 13.1 Å². The molecule has 0 aromatic carbocycles. The summed E-state index contributed by atoms with van der Waals surface area (Å²) < 4.78 is 0.306. The van der Waals surface area contributed by atoms with Crippen LogP contribution in [0.5, 0.6) is 0 Å². The molecule has 0 bridgehead atoms. The van der Waals surface area contributed by atoms with Crippen LogP contribution in [-0.2, 0) is 23.1 Å². The van der Waals surface area contributed by atoms with Crippen LogP contribution in [0.3, 0.4) is 0 Å². The van der Waals surface area contributed by atoms with Crippen molar-refractivity contribution in [1.82, 2.24) is 0 Å². The first-order chi connectivity index (χ1) is 9.08. The number of quaternary nitrogens is 2. The van der Waals surface area contributed by atoms with Gasteiger partial charge < -0.3 is 23.7 Å². The maximum atomic E-state index is 11.0. The molecule has 2 amide bonds. The monoisotopic (exact) mass is 364 g/mol. The quantitative estimate of drug-likeness (QED) is 0.498. The lowest BCUT2D eigenvalue weighted by Gasteiger charge is -2.24. The van der Waals surface area contributed by atoms with Crippen LogP contribution in [0.15, 0.2) is 0 Å². The number of rotatable bonds is 6. The molecule has 9 heteroatoms. The molecule has 0 aliphatic carbocycles. The van der Waals surface area contributed by atoms with E-state index >= 15 is 0 Å². The minimum atomic E-state index is -0.0734. The molecule has 0 aliphatic heterocycles. The molecule has 0 aromatic heterocycles. The van der Waals surface area contributed by atoms with Gasteiger partial charge in [0.1, 0.15) is 24.8 Å². The Morgan fingerprint density at radius 2 is 1.05 bits per heavy atom. The van der Waals surface area contributed by atoms with E-state index in [-0.39, 0.29) is 59.2 Å². The number of aliphatic hydroxyl groups is 2. The lowest BCUT2D eigenvalue weighted by molar-refractivity contribution is -0.813. The molecule has 0 saturated heterocycles. The number of hydrogen-bond acceptors (Lipinski definition) is 4. The Bertz CT molecular complexity index is 286. The minimum absolute atomic E-state index is 0. The highest BCUT2D eigenvalue weighted by molar-refractivity contribution is 7.37. The summed E-state index contributed by atoms with van der Waals surface area (Å²) in [5.74, 6) is -0.133. The lowest BCUT2D eigenvalue weighted by Crippen LogP contribution is -2.48. The summed E-state index contributed by atoms with van der Waals surface area (Å²) in [4.78, 5) is 21.9. The standard InChI is InChI=1S/2C6H13ClNO2.S/c2*1-8(2,3-4-9)6(10)5-7;/h2*9H,3-5H2,1-2H3;/q2*+1;-2. The molecular weight excluding hydrogens is 339 g/mol. The van der Waals surface area contributed by atoms with E-state index in [1.165, 1.54) is 0 Å². The van der Waals surface area contributed by atoms with Gasteiger partial charge in [0.15, 0.2) is 0 Å². The van der Waals surface area contributed by atoms with Crippen molar-refractivity contribution in [3.63, 3.8) is 0 Å². The highest BCUT2D eigenvalue weighted by Gasteiger charge is 2.24. The number of carbonyl (C=O) groups is 2. The average Bonchev–Trinajstić information content (AvgIpc) is 2.37. The number of aliphatic hydroxyl groups excluding tert-OH is 2. The third-order valence-corrected chi connectivity index (χ3v) is 3.35. The van der Waals surface area contributed by atoms with Gasteiger partial charge in [-0.3, -0.25) is 8.97 Å². The highest BCUT2D eigenvalue weighted by Crippen LogP contribution is 1.99. The van der Waals surface area contributed by atoms with E-state index < -0.39 is 0 Å². The fourth-order valence-corrected chi connectivity index (χ4v) is 1.72. The Balaban J connectivity index is -0.000000295. The number of halogens is 2. The van der Waals surface area contributed by atoms with Crippen molar-refractivity contribution < 1.29 is 28.8 Å². The fourth-order valence-electron chi connectivity index (χ4n) is 1.07. The smallest absolute Gasteiger partial charge is 0.328 e. The van der Waals surface area contributed by atoms with E-state index in [1.807, 2.05) is 0 Å². The maximum Gasteiger partial charge on any atom is 0.328 e. The number of amides is 2. The summed E-state index contributed by atoms with van der Waals surface area (Å²) in [6, 6.07) is 0. The fraction of sp³-hybridized carbons (Fsp3) is 0.833. The number of alkyl halides is 2. The Kier molecular flexibility index (Phi) is 15.7. The first kappa shape index (κ1) is 26.0. The van der Waals surface area contributed by atoms with Crippen molar-refractivity contribution in [3.05, 3.63) is 0 Å². The molecule has 0 aromatic rings. The van der Waals surface area contributed by atoms with Crippen LogP contribution >= 0.6 is 23.2 Å². The predicted molar refractivity (Wildman–Crippen MR) is 86.9 cm³/mol. The van der Waals surface area contributed by atoms with E-state index in [4.69, 9.17) is 33.4 Å². The zero-order chi connectivity index (χ0) is 16.4. The Labute approximate surface area is 143 Å². The summed E-state index contributed by atoms with van der Waals surface area (Å²) in [6.45, 7) is 0.863. The van der Waals surface area contributed by atoms with Crippen molar-refractivity contribution in [2.45, 2.75) is 0 Å². The second-order valence-corrected chi connectivity index (χ2v) is 5.85. The molecule has 0 rings (SSSR count). The SMILES string of the molecule is C[N+](C)(CCO)C(=O)CCl.C[N+](C)(CCO)C(=O)CCl.[S-2]. The molecule has 0 saturated carbocycles. The summed E-state index contributed by atoms with van der Waals surface area (Å²) >= 11 is 10.7. The van der Waals surface area contributed by atoms with Crippen LogP contribution < -0.4 is 0 Å².